The summed E-state index contributed by atoms with van der Waals surface area (Å²) in [7, 11) is 0. The quantitative estimate of drug-likeness (QED) is 0.786. The molecule has 2 aromatic heterocycles. The Bertz CT molecular complexity index is 640. The van der Waals surface area contributed by atoms with Crippen molar-refractivity contribution in [2.24, 2.45) is 5.92 Å². The summed E-state index contributed by atoms with van der Waals surface area (Å²) < 4.78 is 0. The lowest BCUT2D eigenvalue weighted by Gasteiger charge is -2.36. The number of rotatable bonds is 3. The van der Waals surface area contributed by atoms with Gasteiger partial charge in [-0.3, -0.25) is 4.79 Å². The van der Waals surface area contributed by atoms with E-state index in [-0.39, 0.29) is 6.04 Å². The lowest BCUT2D eigenvalue weighted by molar-refractivity contribution is -0.134. The second-order valence-corrected chi connectivity index (χ2v) is 8.39. The molecule has 3 heterocycles. The molecule has 0 radical (unpaired) electrons. The van der Waals surface area contributed by atoms with Gasteiger partial charge < -0.3 is 4.90 Å². The fourth-order valence-electron chi connectivity index (χ4n) is 3.92. The number of fused-ring (bicyclic) bond motifs is 1. The number of nitrogens with zero attached hydrogens (tertiary/aromatic N) is 1. The van der Waals surface area contributed by atoms with Crippen LogP contribution < -0.4 is 0 Å². The van der Waals surface area contributed by atoms with Crippen LogP contribution in [0.2, 0.25) is 0 Å². The van der Waals surface area contributed by atoms with Crippen LogP contribution in [0.1, 0.15) is 53.5 Å². The van der Waals surface area contributed by atoms with Crippen LogP contribution in [0, 0.1) is 5.92 Å². The number of carbonyl (C=O) groups is 1. The largest absolute Gasteiger partial charge is 0.330 e. The van der Waals surface area contributed by atoms with Crippen molar-refractivity contribution in [3.8, 4) is 0 Å². The average Bonchev–Trinajstić information content (AvgIpc) is 3.27. The first-order valence-electron chi connectivity index (χ1n) is 8.22. The van der Waals surface area contributed by atoms with E-state index in [0.29, 0.717) is 11.8 Å². The number of hydrogen-bond acceptors (Lipinski definition) is 3. The van der Waals surface area contributed by atoms with Gasteiger partial charge in [0.2, 0.25) is 5.91 Å². The van der Waals surface area contributed by atoms with Crippen molar-refractivity contribution in [1.82, 2.24) is 4.90 Å². The third kappa shape index (κ3) is 2.63. The lowest BCUT2D eigenvalue weighted by Crippen LogP contribution is -2.40. The molecule has 0 saturated heterocycles. The Morgan fingerprint density at radius 1 is 1.18 bits per heavy atom. The maximum atomic E-state index is 12.9. The Morgan fingerprint density at radius 2 is 2.05 bits per heavy atom. The molecule has 0 N–H and O–H groups in total. The molecule has 1 aliphatic heterocycles. The summed E-state index contributed by atoms with van der Waals surface area (Å²) in [6.45, 7) is 0.877. The topological polar surface area (TPSA) is 20.3 Å². The van der Waals surface area contributed by atoms with E-state index in [2.05, 4.69) is 33.9 Å². The van der Waals surface area contributed by atoms with E-state index in [1.807, 2.05) is 11.3 Å². The van der Waals surface area contributed by atoms with Crippen molar-refractivity contribution in [1.29, 1.82) is 0 Å². The maximum Gasteiger partial charge on any atom is 0.223 e. The molecule has 2 aliphatic rings. The van der Waals surface area contributed by atoms with E-state index in [1.54, 1.807) is 11.3 Å². The molecule has 0 aromatic carbocycles. The van der Waals surface area contributed by atoms with E-state index < -0.39 is 0 Å². The van der Waals surface area contributed by atoms with Gasteiger partial charge in [-0.1, -0.05) is 18.9 Å². The van der Waals surface area contributed by atoms with Gasteiger partial charge in [0, 0.05) is 22.7 Å². The Kier molecular flexibility index (Phi) is 4.05. The molecule has 1 amide bonds. The van der Waals surface area contributed by atoms with E-state index in [0.717, 1.165) is 19.4 Å². The van der Waals surface area contributed by atoms with Gasteiger partial charge in [-0.2, -0.15) is 0 Å². The van der Waals surface area contributed by atoms with Crippen molar-refractivity contribution in [2.75, 3.05) is 6.54 Å². The fourth-order valence-corrected chi connectivity index (χ4v) is 5.68. The molecule has 0 unspecified atom stereocenters. The smallest absolute Gasteiger partial charge is 0.223 e. The minimum absolute atomic E-state index is 0.156. The predicted molar refractivity (Wildman–Crippen MR) is 92.5 cm³/mol. The molecule has 0 bridgehead atoms. The van der Waals surface area contributed by atoms with Crippen LogP contribution in [0.15, 0.2) is 29.0 Å². The average molecular weight is 332 g/mol. The fraction of sp³-hybridized carbons (Fsp3) is 0.500. The van der Waals surface area contributed by atoms with Crippen LogP contribution in [-0.4, -0.2) is 17.4 Å². The summed E-state index contributed by atoms with van der Waals surface area (Å²) in [5.41, 5.74) is 1.36. The molecule has 0 spiro atoms. The number of thiophene rings is 2. The summed E-state index contributed by atoms with van der Waals surface area (Å²) in [6, 6.07) is 6.65. The SMILES string of the molecule is O=C(CC1CCCC1)N1CCc2sccc2[C@@H]1c1cccs1. The van der Waals surface area contributed by atoms with Crippen LogP contribution in [-0.2, 0) is 11.2 Å². The Morgan fingerprint density at radius 3 is 2.82 bits per heavy atom. The number of hydrogen-bond donors (Lipinski definition) is 0. The monoisotopic (exact) mass is 331 g/mol. The van der Waals surface area contributed by atoms with Gasteiger partial charge in [-0.05, 0) is 53.6 Å². The van der Waals surface area contributed by atoms with Gasteiger partial charge in [-0.15, -0.1) is 22.7 Å². The number of amides is 1. The molecule has 116 valence electrons. The third-order valence-corrected chi connectivity index (χ3v) is 6.96. The zero-order chi connectivity index (χ0) is 14.9. The first-order valence-corrected chi connectivity index (χ1v) is 9.98. The van der Waals surface area contributed by atoms with Crippen LogP contribution in [0.5, 0.6) is 0 Å². The summed E-state index contributed by atoms with van der Waals surface area (Å²) >= 11 is 3.61. The second-order valence-electron chi connectivity index (χ2n) is 6.41. The molecule has 2 nitrogen and oxygen atoms in total. The first-order chi connectivity index (χ1) is 10.8. The highest BCUT2D eigenvalue weighted by Crippen LogP contribution is 2.40. The highest BCUT2D eigenvalue weighted by Gasteiger charge is 2.34. The van der Waals surface area contributed by atoms with E-state index in [9.17, 15) is 4.79 Å². The molecule has 1 atom stereocenters. The van der Waals surface area contributed by atoms with Crippen LogP contribution in [0.4, 0.5) is 0 Å². The minimum atomic E-state index is 0.156. The minimum Gasteiger partial charge on any atom is -0.330 e. The Hall–Kier alpha value is -1.13. The summed E-state index contributed by atoms with van der Waals surface area (Å²) in [5, 5.41) is 4.30. The van der Waals surface area contributed by atoms with E-state index >= 15 is 0 Å². The Balaban J connectivity index is 1.61. The van der Waals surface area contributed by atoms with Gasteiger partial charge in [0.1, 0.15) is 0 Å². The summed E-state index contributed by atoms with van der Waals surface area (Å²) in [5.74, 6) is 0.988. The normalized spacial score (nSPS) is 22.0. The predicted octanol–water partition coefficient (Wildman–Crippen LogP) is 4.86. The molecule has 4 rings (SSSR count). The molecule has 1 fully saturated rings. The molecular weight excluding hydrogens is 310 g/mol. The van der Waals surface area contributed by atoms with Crippen molar-refractivity contribution in [3.63, 3.8) is 0 Å². The van der Waals surface area contributed by atoms with Gasteiger partial charge in [-0.25, -0.2) is 0 Å². The standard InChI is InChI=1S/C18H21NOS2/c20-17(12-13-4-1-2-5-13)19-9-7-15-14(8-11-22-15)18(19)16-6-3-10-21-16/h3,6,8,10-11,13,18H,1-2,4-5,7,9,12H2/t18-/m1/s1. The molecular formula is C18H21NOS2. The van der Waals surface area contributed by atoms with Crippen molar-refractivity contribution < 1.29 is 4.79 Å². The summed E-state index contributed by atoms with van der Waals surface area (Å²) in [4.78, 5) is 17.8. The zero-order valence-electron chi connectivity index (χ0n) is 12.7. The summed E-state index contributed by atoms with van der Waals surface area (Å²) in [6.07, 6.45) is 6.87. The molecule has 1 saturated carbocycles. The third-order valence-electron chi connectivity index (χ3n) is 5.04. The van der Waals surface area contributed by atoms with Gasteiger partial charge in [0.25, 0.3) is 0 Å². The molecule has 4 heteroatoms. The maximum absolute atomic E-state index is 12.9. The second kappa shape index (κ2) is 6.17. The highest BCUT2D eigenvalue weighted by atomic mass is 32.1. The van der Waals surface area contributed by atoms with E-state index in [1.165, 1.54) is 41.0 Å². The molecule has 22 heavy (non-hydrogen) atoms. The first kappa shape index (κ1) is 14.5. The van der Waals surface area contributed by atoms with Crippen molar-refractivity contribution in [3.05, 3.63) is 44.3 Å². The van der Waals surface area contributed by atoms with Crippen LogP contribution in [0.3, 0.4) is 0 Å². The molecule has 1 aliphatic carbocycles. The number of carbonyl (C=O) groups excluding carboxylic acids is 1. The van der Waals surface area contributed by atoms with Crippen LogP contribution in [0.25, 0.3) is 0 Å². The zero-order valence-corrected chi connectivity index (χ0v) is 14.3. The van der Waals surface area contributed by atoms with Crippen molar-refractivity contribution >= 4 is 28.6 Å². The van der Waals surface area contributed by atoms with E-state index in [4.69, 9.17) is 0 Å². The lowest BCUT2D eigenvalue weighted by atomic mass is 9.96. The molecule has 2 aromatic rings. The Labute approximate surface area is 139 Å². The van der Waals surface area contributed by atoms with Gasteiger partial charge in [0.05, 0.1) is 6.04 Å². The highest BCUT2D eigenvalue weighted by molar-refractivity contribution is 7.10. The van der Waals surface area contributed by atoms with Gasteiger partial charge >= 0.3 is 0 Å². The van der Waals surface area contributed by atoms with Crippen molar-refractivity contribution in [2.45, 2.75) is 44.6 Å². The van der Waals surface area contributed by atoms with Gasteiger partial charge in [0.15, 0.2) is 0 Å². The van der Waals surface area contributed by atoms with Crippen LogP contribution >= 0.6 is 22.7 Å².